The lowest BCUT2D eigenvalue weighted by Gasteiger charge is -2.44. The fourth-order valence-electron chi connectivity index (χ4n) is 4.79. The van der Waals surface area contributed by atoms with Gasteiger partial charge in [0.05, 0.1) is 29.8 Å². The number of amides is 1. The number of carbonyl (C=O) groups excluding carboxylic acids is 1. The first-order valence-electron chi connectivity index (χ1n) is 11.4. The van der Waals surface area contributed by atoms with Crippen LogP contribution in [0.2, 0.25) is 0 Å². The number of anilines is 4. The van der Waals surface area contributed by atoms with E-state index in [1.807, 2.05) is 6.92 Å². The van der Waals surface area contributed by atoms with Gasteiger partial charge in [-0.1, -0.05) is 19.8 Å². The Morgan fingerprint density at radius 3 is 2.60 bits per heavy atom. The molecule has 1 amide bonds. The molecule has 1 unspecified atom stereocenters. The molecule has 1 atom stereocenters. The van der Waals surface area contributed by atoms with Crippen molar-refractivity contribution < 1.29 is 18.0 Å². The molecule has 0 saturated heterocycles. The summed E-state index contributed by atoms with van der Waals surface area (Å²) >= 11 is 0. The summed E-state index contributed by atoms with van der Waals surface area (Å²) in [5.74, 6) is 0.0591. The summed E-state index contributed by atoms with van der Waals surface area (Å²) in [6.07, 6.45) is 2.32. The minimum absolute atomic E-state index is 0.0434. The van der Waals surface area contributed by atoms with Gasteiger partial charge in [-0.3, -0.25) is 20.5 Å². The topological polar surface area (TPSA) is 121 Å². The van der Waals surface area contributed by atoms with Crippen LogP contribution in [0.25, 0.3) is 0 Å². The highest BCUT2D eigenvalue weighted by Gasteiger charge is 2.40. The average Bonchev–Trinajstić information content (AvgIpc) is 3.37. The second-order valence-electron chi connectivity index (χ2n) is 8.52. The van der Waals surface area contributed by atoms with Gasteiger partial charge in [0.15, 0.2) is 5.82 Å². The van der Waals surface area contributed by atoms with Gasteiger partial charge in [-0.2, -0.15) is 18.2 Å². The summed E-state index contributed by atoms with van der Waals surface area (Å²) in [6.45, 7) is 1.96. The second kappa shape index (κ2) is 9.51. The molecule has 12 heteroatoms. The van der Waals surface area contributed by atoms with E-state index >= 15 is 0 Å². The third-order valence-corrected chi connectivity index (χ3v) is 6.46. The fraction of sp³-hybridized carbons (Fsp3) is 0.435. The van der Waals surface area contributed by atoms with Crippen molar-refractivity contribution in [3.63, 3.8) is 0 Å². The highest BCUT2D eigenvalue weighted by atomic mass is 19.4. The maximum absolute atomic E-state index is 13.8. The Hall–Kier alpha value is -3.70. The molecule has 4 N–H and O–H groups in total. The first kappa shape index (κ1) is 24.4. The molecule has 2 aromatic rings. The molecule has 1 saturated carbocycles. The molecule has 0 radical (unpaired) electrons. The van der Waals surface area contributed by atoms with E-state index in [9.17, 15) is 18.0 Å². The molecule has 1 aliphatic heterocycles. The number of nitrogens with one attached hydrogen (secondary N) is 4. The third kappa shape index (κ3) is 4.52. The Labute approximate surface area is 200 Å². The molecule has 1 fully saturated rings. The largest absolute Gasteiger partial charge is 0.418 e. The van der Waals surface area contributed by atoms with Gasteiger partial charge in [-0.25, -0.2) is 4.98 Å². The lowest BCUT2D eigenvalue weighted by Crippen LogP contribution is -2.56. The van der Waals surface area contributed by atoms with Crippen LogP contribution in [0.15, 0.2) is 24.4 Å². The quantitative estimate of drug-likeness (QED) is 0.350. The molecular formula is C23H27F3N8O. The molecule has 4 rings (SSSR count). The Kier molecular flexibility index (Phi) is 6.64. The minimum atomic E-state index is -4.71. The zero-order valence-corrected chi connectivity index (χ0v) is 19.4. The first-order valence-corrected chi connectivity index (χ1v) is 11.4. The summed E-state index contributed by atoms with van der Waals surface area (Å²) in [5.41, 5.74) is -0.966. The van der Waals surface area contributed by atoms with E-state index in [2.05, 4.69) is 25.5 Å². The summed E-state index contributed by atoms with van der Waals surface area (Å²) < 4.78 is 41.4. The number of halogens is 3. The summed E-state index contributed by atoms with van der Waals surface area (Å²) in [5, 5.41) is 21.4. The highest BCUT2D eigenvalue weighted by Crippen LogP contribution is 2.41. The van der Waals surface area contributed by atoms with Gasteiger partial charge in [0, 0.05) is 18.7 Å². The van der Waals surface area contributed by atoms with Crippen LogP contribution in [0, 0.1) is 10.8 Å². The molecular weight excluding hydrogens is 461 g/mol. The van der Waals surface area contributed by atoms with Crippen LogP contribution in [-0.2, 0) is 6.18 Å². The van der Waals surface area contributed by atoms with Crippen LogP contribution in [-0.4, -0.2) is 47.2 Å². The fourth-order valence-corrected chi connectivity index (χ4v) is 4.79. The molecule has 35 heavy (non-hydrogen) atoms. The Morgan fingerprint density at radius 2 is 2.00 bits per heavy atom. The molecule has 9 nitrogen and oxygen atoms in total. The number of alkyl halides is 3. The number of amidine groups is 1. The lowest BCUT2D eigenvalue weighted by molar-refractivity contribution is -0.136. The van der Waals surface area contributed by atoms with E-state index in [-0.39, 0.29) is 35.1 Å². The van der Waals surface area contributed by atoms with E-state index in [0.29, 0.717) is 17.9 Å². The number of carbonyl (C=O) groups is 1. The van der Waals surface area contributed by atoms with Crippen LogP contribution < -0.4 is 20.4 Å². The SMILES string of the molecule is CCC1C(=N)N(C=N)c2cnc(Nc3ccc(C(=O)NC)cc3C(F)(F)F)nc2N1C1CCCC1. The van der Waals surface area contributed by atoms with Gasteiger partial charge >= 0.3 is 6.18 Å². The molecule has 1 aromatic carbocycles. The third-order valence-electron chi connectivity index (χ3n) is 6.46. The van der Waals surface area contributed by atoms with Gasteiger partial charge in [0.1, 0.15) is 11.5 Å². The van der Waals surface area contributed by atoms with Gasteiger partial charge in [-0.15, -0.1) is 0 Å². The van der Waals surface area contributed by atoms with E-state index in [1.54, 1.807) is 0 Å². The normalized spacial score (nSPS) is 18.4. The molecule has 1 aliphatic carbocycles. The number of benzene rings is 1. The molecule has 1 aromatic heterocycles. The van der Waals surface area contributed by atoms with Crippen molar-refractivity contribution in [1.82, 2.24) is 15.3 Å². The predicted octanol–water partition coefficient (Wildman–Crippen LogP) is 4.53. The number of hydrogen-bond donors (Lipinski definition) is 4. The number of rotatable bonds is 6. The van der Waals surface area contributed by atoms with Crippen molar-refractivity contribution in [2.45, 2.75) is 57.3 Å². The predicted molar refractivity (Wildman–Crippen MR) is 128 cm³/mol. The smallest absolute Gasteiger partial charge is 0.355 e. The van der Waals surface area contributed by atoms with Crippen molar-refractivity contribution in [1.29, 1.82) is 10.8 Å². The van der Waals surface area contributed by atoms with E-state index in [1.165, 1.54) is 30.3 Å². The van der Waals surface area contributed by atoms with Crippen LogP contribution in [0.1, 0.15) is 54.9 Å². The number of aromatic nitrogens is 2. The van der Waals surface area contributed by atoms with Crippen LogP contribution >= 0.6 is 0 Å². The number of hydrogen-bond acceptors (Lipinski definition) is 7. The Balaban J connectivity index is 1.77. The van der Waals surface area contributed by atoms with Crippen LogP contribution in [0.4, 0.5) is 36.3 Å². The maximum Gasteiger partial charge on any atom is 0.418 e. The lowest BCUT2D eigenvalue weighted by atomic mass is 10.0. The van der Waals surface area contributed by atoms with Crippen molar-refractivity contribution in [3.8, 4) is 0 Å². The van der Waals surface area contributed by atoms with Crippen molar-refractivity contribution in [3.05, 3.63) is 35.5 Å². The Morgan fingerprint density at radius 1 is 1.29 bits per heavy atom. The maximum atomic E-state index is 13.8. The van der Waals surface area contributed by atoms with Gasteiger partial charge in [0.2, 0.25) is 5.95 Å². The van der Waals surface area contributed by atoms with Gasteiger partial charge < -0.3 is 15.5 Å². The summed E-state index contributed by atoms with van der Waals surface area (Å²) in [4.78, 5) is 24.1. The monoisotopic (exact) mass is 488 g/mol. The zero-order chi connectivity index (χ0) is 25.3. The average molecular weight is 489 g/mol. The van der Waals surface area contributed by atoms with Crippen LogP contribution in [0.5, 0.6) is 0 Å². The van der Waals surface area contributed by atoms with E-state index in [4.69, 9.17) is 10.8 Å². The molecule has 2 heterocycles. The minimum Gasteiger partial charge on any atom is -0.355 e. The number of nitrogens with zero attached hydrogens (tertiary/aromatic N) is 4. The summed E-state index contributed by atoms with van der Waals surface area (Å²) in [6, 6.07) is 3.10. The molecule has 186 valence electrons. The molecule has 2 aliphatic rings. The van der Waals surface area contributed by atoms with E-state index < -0.39 is 17.6 Å². The van der Waals surface area contributed by atoms with Crippen LogP contribution in [0.3, 0.4) is 0 Å². The van der Waals surface area contributed by atoms with E-state index in [0.717, 1.165) is 38.1 Å². The van der Waals surface area contributed by atoms with Crippen molar-refractivity contribution in [2.75, 3.05) is 22.2 Å². The molecule has 0 spiro atoms. The highest BCUT2D eigenvalue weighted by molar-refractivity contribution is 6.16. The van der Waals surface area contributed by atoms with Gasteiger partial charge in [0.25, 0.3) is 5.91 Å². The van der Waals surface area contributed by atoms with Gasteiger partial charge in [-0.05, 0) is 37.5 Å². The molecule has 0 bridgehead atoms. The Bertz CT molecular complexity index is 1150. The zero-order valence-electron chi connectivity index (χ0n) is 19.4. The van der Waals surface area contributed by atoms with Crippen molar-refractivity contribution in [2.24, 2.45) is 0 Å². The van der Waals surface area contributed by atoms with Crippen molar-refractivity contribution >= 4 is 41.2 Å². The summed E-state index contributed by atoms with van der Waals surface area (Å²) in [7, 11) is 1.35. The number of fused-ring (bicyclic) bond motifs is 1. The first-order chi connectivity index (χ1) is 16.7. The standard InChI is InChI=1S/C23H27F3N8O/c1-3-17-19(28)33(12-27)18-11-30-22(32-20(18)34(17)14-6-4-5-7-14)31-16-9-8-13(21(35)29-2)10-15(16)23(24,25)26/h8-12,14,17,27-28H,3-7H2,1-2H3,(H,29,35)(H,30,31,32). The second-order valence-corrected chi connectivity index (χ2v) is 8.52.